The fraction of sp³-hybridized carbons (Fsp3) is 0.758. The largest absolute Gasteiger partial charge is 0.445 e. The molecule has 25 heteroatoms. The number of nitrogens with one attached hydrogen (secondary N) is 1. The van der Waals surface area contributed by atoms with Crippen molar-refractivity contribution in [2.45, 2.75) is 288 Å². The molecule has 0 aromatic heterocycles. The molecular formula is C62H122Cl9NO2Si13. The highest BCUT2D eigenvalue weighted by Crippen LogP contribution is 2.49. The Hall–Kier alpha value is 2.88. The van der Waals surface area contributed by atoms with Gasteiger partial charge in [-0.25, -0.2) is 4.79 Å². The van der Waals surface area contributed by atoms with Crippen molar-refractivity contribution in [3.8, 4) is 0 Å². The Balaban J connectivity index is 2.35. The minimum Gasteiger partial charge on any atom is -0.445 e. The van der Waals surface area contributed by atoms with Gasteiger partial charge in [0.2, 0.25) is 0 Å². The van der Waals surface area contributed by atoms with Crippen molar-refractivity contribution in [1.82, 2.24) is 5.32 Å². The number of hydrogen-bond acceptors (Lipinski definition) is 2. The van der Waals surface area contributed by atoms with Crippen LogP contribution in [0.15, 0.2) is 54.6 Å². The third-order valence-electron chi connectivity index (χ3n) is 19.6. The second kappa shape index (κ2) is 37.7. The third kappa shape index (κ3) is 36.9. The maximum absolute atomic E-state index is 13.9. The SMILES string of the molecule is C[SiH](Cl)CCC[Si](CC[Si](C)(C)Cl)(CC[Si](C)(C)Cl)CC[Si](CCCCNC(=O)OCc1c2ccccc2cc2ccccc12)(CC[Si](CCC[SiH](C)Cl)(CC[Si](C)(C)Cl)CC[Si](C)(C)Cl)CC[Si](CC[Si](C)(C)Cl)(CC[Si](C)(C)Cl)CC[Si](C)(C)Cl. The van der Waals surface area contributed by atoms with Gasteiger partial charge in [0.25, 0.3) is 0 Å². The quantitative estimate of drug-likeness (QED) is 0.0265. The van der Waals surface area contributed by atoms with E-state index >= 15 is 0 Å². The van der Waals surface area contributed by atoms with Gasteiger partial charge >= 0.3 is 6.09 Å². The van der Waals surface area contributed by atoms with Gasteiger partial charge in [-0.2, -0.15) is 99.7 Å². The molecule has 87 heavy (non-hydrogen) atoms. The molecule has 0 aliphatic carbocycles. The average molecular weight is 1600 g/mol. The molecule has 0 radical (unpaired) electrons. The molecule has 0 saturated heterocycles. The molecule has 0 spiro atoms. The van der Waals surface area contributed by atoms with Crippen LogP contribution in [0, 0.1) is 0 Å². The lowest BCUT2D eigenvalue weighted by molar-refractivity contribution is 0.140. The average Bonchev–Trinajstić information content (AvgIpc) is 1.19. The molecule has 3 nitrogen and oxygen atoms in total. The molecule has 502 valence electrons. The Labute approximate surface area is 590 Å². The minimum atomic E-state index is -2.19. The second-order valence-corrected chi connectivity index (χ2v) is 110. The summed E-state index contributed by atoms with van der Waals surface area (Å²) < 4.78 is 6.16. The monoisotopic (exact) mass is 1590 g/mol. The van der Waals surface area contributed by atoms with Crippen LogP contribution in [0.4, 0.5) is 4.79 Å². The standard InChI is InChI=1S/C62H122Cl9NO2Si13/c1-75(63)30-23-33-85(42-35-77(3,4)65,43-36-78(5,6)66)51-49-84(50-52-86(34-24-31-76(2)64,44-37-79(7,8)67)45-38-80(9,10)68,53-54-87(46-39-81(11,12)69,47-40-82(13,14)70)48-41-83(15,16)71)32-22-21-29-72-62(73)74-56-61-59-27-19-17-25-57(59)55-58-26-18-20-28-60(58)61/h17-20,25-28,55,75-76H,21-24,29-54,56H2,1-16H3,(H,72,73). The first-order chi connectivity index (χ1) is 39.8. The highest BCUT2D eigenvalue weighted by Gasteiger charge is 2.46. The summed E-state index contributed by atoms with van der Waals surface area (Å²) in [5.74, 6) is 0. The van der Waals surface area contributed by atoms with E-state index < -0.39 is 100 Å². The Morgan fingerprint density at radius 1 is 0.379 bits per heavy atom. The van der Waals surface area contributed by atoms with Crippen LogP contribution >= 0.6 is 99.7 Å². The molecule has 0 saturated carbocycles. The first kappa shape index (κ1) is 84.1. The van der Waals surface area contributed by atoms with E-state index in [0.717, 1.165) is 39.9 Å². The van der Waals surface area contributed by atoms with Crippen LogP contribution in [-0.4, -0.2) is 113 Å². The Kier molecular flexibility index (Phi) is 36.5. The lowest BCUT2D eigenvalue weighted by atomic mass is 9.97. The Morgan fingerprint density at radius 3 is 0.908 bits per heavy atom. The fourth-order valence-electron chi connectivity index (χ4n) is 13.3. The highest BCUT2D eigenvalue weighted by molar-refractivity contribution is 7.22. The molecule has 2 atom stereocenters. The summed E-state index contributed by atoms with van der Waals surface area (Å²) in [5.41, 5.74) is 1.06. The maximum atomic E-state index is 13.9. The summed E-state index contributed by atoms with van der Waals surface area (Å²) in [6.45, 7) is 38.8. The lowest BCUT2D eigenvalue weighted by Gasteiger charge is -2.44. The maximum Gasteiger partial charge on any atom is 0.407 e. The smallest absolute Gasteiger partial charge is 0.407 e. The van der Waals surface area contributed by atoms with E-state index in [9.17, 15) is 4.79 Å². The van der Waals surface area contributed by atoms with Crippen LogP contribution in [0.5, 0.6) is 0 Å². The molecular weight excluding hydrogens is 1470 g/mol. The number of hydrogen-bond donors (Lipinski definition) is 1. The van der Waals surface area contributed by atoms with Crippen LogP contribution in [0.1, 0.15) is 31.2 Å². The Morgan fingerprint density at radius 2 is 0.632 bits per heavy atom. The van der Waals surface area contributed by atoms with E-state index in [-0.39, 0.29) is 12.7 Å². The molecule has 3 aromatic rings. The normalized spacial score (nSPS) is 15.3. The summed E-state index contributed by atoms with van der Waals surface area (Å²) >= 11 is 66.2. The van der Waals surface area contributed by atoms with Gasteiger partial charge in [0.05, 0.1) is 32.3 Å². The number of alkyl carbamates (subject to hydrolysis) is 1. The molecule has 2 unspecified atom stereocenters. The highest BCUT2D eigenvalue weighted by atomic mass is 35.6. The predicted octanol–water partition coefficient (Wildman–Crippen LogP) is 26.9. The van der Waals surface area contributed by atoms with E-state index in [2.05, 4.69) is 165 Å². The third-order valence-corrected chi connectivity index (χ3v) is 63.6. The van der Waals surface area contributed by atoms with Crippen LogP contribution in [0.25, 0.3) is 21.5 Å². The van der Waals surface area contributed by atoms with Crippen LogP contribution in [0.3, 0.4) is 0 Å². The van der Waals surface area contributed by atoms with Crippen molar-refractivity contribution in [2.24, 2.45) is 0 Å². The van der Waals surface area contributed by atoms with Gasteiger partial charge in [-0.3, -0.25) is 0 Å². The molecule has 3 rings (SSSR count). The number of carbonyl (C=O) groups is 1. The van der Waals surface area contributed by atoms with E-state index in [1.807, 2.05) is 0 Å². The summed E-state index contributed by atoms with van der Waals surface area (Å²) in [4.78, 5) is 13.9. The van der Waals surface area contributed by atoms with E-state index in [4.69, 9.17) is 104 Å². The number of amides is 1. The number of rotatable bonds is 45. The molecule has 1 N–H and O–H groups in total. The van der Waals surface area contributed by atoms with Gasteiger partial charge < -0.3 is 10.1 Å². The van der Waals surface area contributed by atoms with E-state index in [1.165, 1.54) is 164 Å². The van der Waals surface area contributed by atoms with Crippen molar-refractivity contribution in [3.05, 3.63) is 60.2 Å². The topological polar surface area (TPSA) is 38.3 Å². The zero-order valence-corrected chi connectivity index (χ0v) is 77.6. The zero-order chi connectivity index (χ0) is 65.8. The molecule has 0 aliphatic rings. The first-order valence-electron chi connectivity index (χ1n) is 33.7. The number of ether oxygens (including phenoxy) is 1. The minimum absolute atomic E-state index is 0.223. The molecule has 1 amide bonds. The summed E-state index contributed by atoms with van der Waals surface area (Å²) in [5, 5.41) is 7.85. The lowest BCUT2D eigenvalue weighted by Crippen LogP contribution is -2.47. The zero-order valence-electron chi connectivity index (χ0n) is 57.5. The van der Waals surface area contributed by atoms with Crippen molar-refractivity contribution in [3.63, 3.8) is 0 Å². The summed E-state index contributed by atoms with van der Waals surface area (Å²) in [7, 11) is -23.9. The van der Waals surface area contributed by atoms with Crippen LogP contribution < -0.4 is 5.32 Å². The van der Waals surface area contributed by atoms with Gasteiger partial charge in [0.15, 0.2) is 0 Å². The van der Waals surface area contributed by atoms with Gasteiger partial charge in [0.1, 0.15) is 74.5 Å². The predicted molar refractivity (Wildman–Crippen MR) is 442 cm³/mol. The van der Waals surface area contributed by atoms with Gasteiger partial charge in [-0.05, 0) is 88.4 Å². The summed E-state index contributed by atoms with van der Waals surface area (Å²) in [6.07, 6.45) is 4.22. The summed E-state index contributed by atoms with van der Waals surface area (Å²) in [6, 6.07) is 51.3. The van der Waals surface area contributed by atoms with Crippen molar-refractivity contribution >= 4 is 228 Å². The van der Waals surface area contributed by atoms with Crippen molar-refractivity contribution in [1.29, 1.82) is 0 Å². The number of fused-ring (bicyclic) bond motifs is 2. The molecule has 0 fully saturated rings. The fourth-order valence-corrected chi connectivity index (χ4v) is 75.7. The van der Waals surface area contributed by atoms with E-state index in [1.54, 1.807) is 0 Å². The van der Waals surface area contributed by atoms with Gasteiger partial charge in [-0.15, -0.1) is 0 Å². The van der Waals surface area contributed by atoms with Crippen LogP contribution in [0.2, 0.25) is 256 Å². The molecule has 0 bridgehead atoms. The van der Waals surface area contributed by atoms with Gasteiger partial charge in [-0.1, -0.05) is 269 Å². The first-order valence-corrected chi connectivity index (χ1v) is 82.0. The van der Waals surface area contributed by atoms with Crippen molar-refractivity contribution < 1.29 is 9.53 Å². The number of halogens is 9. The second-order valence-electron chi connectivity index (χ2n) is 32.1. The van der Waals surface area contributed by atoms with E-state index in [0.29, 0.717) is 6.54 Å². The number of unbranched alkanes of at least 4 members (excludes halogenated alkanes) is 1. The molecule has 3 aromatic carbocycles. The number of benzene rings is 3. The van der Waals surface area contributed by atoms with Gasteiger partial charge in [0, 0.05) is 12.1 Å². The van der Waals surface area contributed by atoms with Crippen LogP contribution in [-0.2, 0) is 11.3 Å². The Bertz CT molecular complexity index is 2290. The molecule has 0 heterocycles. The molecule has 0 aliphatic heterocycles. The van der Waals surface area contributed by atoms with Crippen molar-refractivity contribution in [2.75, 3.05) is 6.54 Å². The number of carbonyl (C=O) groups excluding carboxylic acids is 1.